The molecule has 0 aliphatic heterocycles. The van der Waals surface area contributed by atoms with Gasteiger partial charge in [-0.2, -0.15) is 0 Å². The zero-order valence-corrected chi connectivity index (χ0v) is 10.3. The summed E-state index contributed by atoms with van der Waals surface area (Å²) in [6.45, 7) is 0. The molecule has 2 saturated carbocycles. The monoisotopic (exact) mass is 245 g/mol. The SMILES string of the molecule is O=[N+]([O-])OC1CCCCC1.OC1CCCCC1. The lowest BCUT2D eigenvalue weighted by atomic mass is 9.98. The molecule has 100 valence electrons. The highest BCUT2D eigenvalue weighted by atomic mass is 17.0. The van der Waals surface area contributed by atoms with E-state index >= 15 is 0 Å². The van der Waals surface area contributed by atoms with E-state index in [0.29, 0.717) is 0 Å². The van der Waals surface area contributed by atoms with Crippen LogP contribution in [0.3, 0.4) is 0 Å². The van der Waals surface area contributed by atoms with Gasteiger partial charge in [-0.25, -0.2) is 0 Å². The van der Waals surface area contributed by atoms with Gasteiger partial charge in [-0.3, -0.25) is 0 Å². The molecule has 2 aliphatic carbocycles. The van der Waals surface area contributed by atoms with Crippen molar-refractivity contribution < 1.29 is 15.0 Å². The number of aliphatic hydroxyl groups excluding tert-OH is 1. The molecule has 0 aromatic rings. The van der Waals surface area contributed by atoms with Gasteiger partial charge in [0.1, 0.15) is 6.10 Å². The Kier molecular flexibility index (Phi) is 6.93. The van der Waals surface area contributed by atoms with Gasteiger partial charge in [0, 0.05) is 0 Å². The molecule has 5 heteroatoms. The van der Waals surface area contributed by atoms with Crippen molar-refractivity contribution in [3.05, 3.63) is 10.1 Å². The first kappa shape index (κ1) is 14.2. The third-order valence-electron chi connectivity index (χ3n) is 3.36. The van der Waals surface area contributed by atoms with Crippen LogP contribution >= 0.6 is 0 Å². The van der Waals surface area contributed by atoms with E-state index in [4.69, 9.17) is 5.11 Å². The Morgan fingerprint density at radius 1 is 0.941 bits per heavy atom. The fourth-order valence-corrected chi connectivity index (χ4v) is 2.37. The number of rotatable bonds is 2. The number of aliphatic hydroxyl groups is 1. The minimum Gasteiger partial charge on any atom is -0.393 e. The van der Waals surface area contributed by atoms with Crippen molar-refractivity contribution in [3.8, 4) is 0 Å². The quantitative estimate of drug-likeness (QED) is 0.599. The van der Waals surface area contributed by atoms with Gasteiger partial charge in [0.05, 0.1) is 6.10 Å². The molecule has 2 fully saturated rings. The summed E-state index contributed by atoms with van der Waals surface area (Å²) >= 11 is 0. The Bertz CT molecular complexity index is 211. The van der Waals surface area contributed by atoms with Crippen LogP contribution < -0.4 is 0 Å². The van der Waals surface area contributed by atoms with Gasteiger partial charge in [-0.05, 0) is 25.7 Å². The van der Waals surface area contributed by atoms with Crippen LogP contribution in [-0.4, -0.2) is 22.4 Å². The summed E-state index contributed by atoms with van der Waals surface area (Å²) < 4.78 is 0. The Morgan fingerprint density at radius 3 is 1.76 bits per heavy atom. The molecule has 0 radical (unpaired) electrons. The largest absolute Gasteiger partial charge is 0.393 e. The summed E-state index contributed by atoms with van der Waals surface area (Å²) in [4.78, 5) is 14.3. The van der Waals surface area contributed by atoms with Crippen LogP contribution in [-0.2, 0) is 4.84 Å². The molecule has 0 bridgehead atoms. The first-order valence-corrected chi connectivity index (χ1v) is 6.67. The van der Waals surface area contributed by atoms with Crippen LogP contribution in [0.15, 0.2) is 0 Å². The zero-order chi connectivity index (χ0) is 12.5. The molecule has 0 heterocycles. The summed E-state index contributed by atoms with van der Waals surface area (Å²) in [7, 11) is 0. The molecular formula is C12H23NO4. The highest BCUT2D eigenvalue weighted by Crippen LogP contribution is 2.19. The third-order valence-corrected chi connectivity index (χ3v) is 3.36. The van der Waals surface area contributed by atoms with Crippen molar-refractivity contribution in [3.63, 3.8) is 0 Å². The van der Waals surface area contributed by atoms with Gasteiger partial charge in [0.25, 0.3) is 5.09 Å². The Hall–Kier alpha value is -0.840. The van der Waals surface area contributed by atoms with Gasteiger partial charge in [-0.1, -0.05) is 38.5 Å². The maximum atomic E-state index is 9.85. The molecule has 0 saturated heterocycles. The number of nitrogens with zero attached hydrogens (tertiary/aromatic N) is 1. The van der Waals surface area contributed by atoms with Gasteiger partial charge in [0.15, 0.2) is 0 Å². The lowest BCUT2D eigenvalue weighted by Gasteiger charge is -2.18. The van der Waals surface area contributed by atoms with Crippen molar-refractivity contribution in [2.75, 3.05) is 0 Å². The van der Waals surface area contributed by atoms with Gasteiger partial charge < -0.3 is 9.94 Å². The Balaban J connectivity index is 0.000000181. The second-order valence-electron chi connectivity index (χ2n) is 4.88. The molecule has 5 nitrogen and oxygen atoms in total. The predicted octanol–water partition coefficient (Wildman–Crippen LogP) is 2.84. The maximum absolute atomic E-state index is 9.85. The van der Waals surface area contributed by atoms with E-state index < -0.39 is 5.09 Å². The van der Waals surface area contributed by atoms with Crippen LogP contribution in [0.5, 0.6) is 0 Å². The molecule has 0 aromatic heterocycles. The van der Waals surface area contributed by atoms with Crippen molar-refractivity contribution in [2.45, 2.75) is 76.4 Å². The maximum Gasteiger partial charge on any atom is 0.294 e. The van der Waals surface area contributed by atoms with E-state index in [1.165, 1.54) is 25.7 Å². The fourth-order valence-electron chi connectivity index (χ4n) is 2.37. The van der Waals surface area contributed by atoms with Gasteiger partial charge in [-0.15, -0.1) is 10.1 Å². The van der Waals surface area contributed by atoms with Crippen molar-refractivity contribution in [2.24, 2.45) is 0 Å². The van der Waals surface area contributed by atoms with Gasteiger partial charge in [0.2, 0.25) is 0 Å². The summed E-state index contributed by atoms with van der Waals surface area (Å²) in [5.41, 5.74) is 0. The fraction of sp³-hybridized carbons (Fsp3) is 1.00. The predicted molar refractivity (Wildman–Crippen MR) is 64.0 cm³/mol. The second-order valence-corrected chi connectivity index (χ2v) is 4.88. The van der Waals surface area contributed by atoms with Crippen molar-refractivity contribution >= 4 is 0 Å². The van der Waals surface area contributed by atoms with E-state index in [-0.39, 0.29) is 12.2 Å². The van der Waals surface area contributed by atoms with Crippen molar-refractivity contribution in [1.82, 2.24) is 0 Å². The smallest absolute Gasteiger partial charge is 0.294 e. The van der Waals surface area contributed by atoms with Crippen LogP contribution in [0.4, 0.5) is 0 Å². The summed E-state index contributed by atoms with van der Waals surface area (Å²) in [5, 5.41) is 18.1. The molecule has 1 N–H and O–H groups in total. The lowest BCUT2D eigenvalue weighted by Crippen LogP contribution is -2.19. The highest BCUT2D eigenvalue weighted by Gasteiger charge is 2.16. The van der Waals surface area contributed by atoms with E-state index in [1.54, 1.807) is 0 Å². The standard InChI is InChI=1S/C6H11NO3.C6H12O/c8-7(9)10-6-4-2-1-3-5-6;7-6-4-2-1-3-5-6/h6H,1-5H2;6-7H,1-5H2. The van der Waals surface area contributed by atoms with Crippen LogP contribution in [0, 0.1) is 10.1 Å². The number of hydrogen-bond donors (Lipinski definition) is 1. The molecular weight excluding hydrogens is 222 g/mol. The highest BCUT2D eigenvalue weighted by molar-refractivity contribution is 4.63. The first-order chi connectivity index (χ1) is 8.18. The van der Waals surface area contributed by atoms with Gasteiger partial charge >= 0.3 is 0 Å². The Morgan fingerprint density at radius 2 is 1.41 bits per heavy atom. The van der Waals surface area contributed by atoms with E-state index in [2.05, 4.69) is 4.84 Å². The molecule has 0 unspecified atom stereocenters. The average Bonchev–Trinajstić information content (AvgIpc) is 2.31. The molecule has 2 rings (SSSR count). The minimum absolute atomic E-state index is 0.0359. The molecule has 0 spiro atoms. The Labute approximate surface area is 102 Å². The number of hydrogen-bond acceptors (Lipinski definition) is 4. The minimum atomic E-state index is -0.685. The molecule has 0 amide bonds. The molecule has 0 aromatic carbocycles. The average molecular weight is 245 g/mol. The zero-order valence-electron chi connectivity index (χ0n) is 10.3. The lowest BCUT2D eigenvalue weighted by molar-refractivity contribution is -0.769. The first-order valence-electron chi connectivity index (χ1n) is 6.67. The van der Waals surface area contributed by atoms with Crippen LogP contribution in [0.25, 0.3) is 0 Å². The van der Waals surface area contributed by atoms with E-state index in [0.717, 1.165) is 38.5 Å². The third kappa shape index (κ3) is 7.15. The van der Waals surface area contributed by atoms with E-state index in [9.17, 15) is 10.1 Å². The van der Waals surface area contributed by atoms with E-state index in [1.807, 2.05) is 0 Å². The normalized spacial score (nSPS) is 22.4. The molecule has 17 heavy (non-hydrogen) atoms. The topological polar surface area (TPSA) is 72.6 Å². The summed E-state index contributed by atoms with van der Waals surface area (Å²) in [5.74, 6) is 0. The van der Waals surface area contributed by atoms with Crippen LogP contribution in [0.1, 0.15) is 64.2 Å². The molecule has 2 aliphatic rings. The summed E-state index contributed by atoms with van der Waals surface area (Å²) in [6, 6.07) is 0. The van der Waals surface area contributed by atoms with Crippen LogP contribution in [0.2, 0.25) is 0 Å². The molecule has 0 atom stereocenters. The summed E-state index contributed by atoms with van der Waals surface area (Å²) in [6.07, 6.45) is 10.8. The second kappa shape index (κ2) is 8.28. The van der Waals surface area contributed by atoms with Crippen molar-refractivity contribution in [1.29, 1.82) is 0 Å².